The van der Waals surface area contributed by atoms with E-state index in [1.807, 2.05) is 0 Å². The number of carboxylic acid groups (broad SMARTS) is 1. The fourth-order valence-corrected chi connectivity index (χ4v) is 3.71. The molecule has 2 saturated carbocycles. The number of hydrogen-bond donors (Lipinski definition) is 0. The molecule has 0 aromatic heterocycles. The molecule has 4 atom stereocenters. The van der Waals surface area contributed by atoms with Crippen LogP contribution in [-0.2, 0) is 9.59 Å². The van der Waals surface area contributed by atoms with Crippen LogP contribution >= 0.6 is 0 Å². The van der Waals surface area contributed by atoms with Crippen LogP contribution < -0.4 is 5.11 Å². The Morgan fingerprint density at radius 3 is 2.41 bits per heavy atom. The average molecular weight is 237 g/mol. The molecule has 3 heteroatoms. The van der Waals surface area contributed by atoms with Crippen molar-refractivity contribution in [3.63, 3.8) is 0 Å². The minimum atomic E-state index is -0.970. The second kappa shape index (κ2) is 4.11. The van der Waals surface area contributed by atoms with Gasteiger partial charge in [-0.25, -0.2) is 0 Å². The summed E-state index contributed by atoms with van der Waals surface area (Å²) in [6, 6.07) is 0. The molecule has 2 rings (SSSR count). The lowest BCUT2D eigenvalue weighted by atomic mass is 9.57. The highest BCUT2D eigenvalue weighted by Crippen LogP contribution is 2.49. The SMILES string of the molecule is CC(C)(C)[C@@H]1CC[C@@H]2C[C@H](C(=O)[O-])C[C@@H]1C2=O. The molecule has 3 nitrogen and oxygen atoms in total. The van der Waals surface area contributed by atoms with Gasteiger partial charge in [0, 0.05) is 17.8 Å². The second-order valence-corrected chi connectivity index (χ2v) is 6.74. The number of hydrogen-bond acceptors (Lipinski definition) is 3. The van der Waals surface area contributed by atoms with Gasteiger partial charge in [-0.15, -0.1) is 0 Å². The predicted octanol–water partition coefficient (Wildman–Crippen LogP) is 1.40. The number of ketones is 1. The summed E-state index contributed by atoms with van der Waals surface area (Å²) in [7, 11) is 0. The summed E-state index contributed by atoms with van der Waals surface area (Å²) in [5, 5.41) is 11.0. The maximum Gasteiger partial charge on any atom is 0.139 e. The van der Waals surface area contributed by atoms with E-state index in [2.05, 4.69) is 20.8 Å². The molecular formula is C14H21O3-. The van der Waals surface area contributed by atoms with E-state index in [0.717, 1.165) is 12.8 Å². The van der Waals surface area contributed by atoms with Gasteiger partial charge in [0.1, 0.15) is 5.78 Å². The first-order valence-corrected chi connectivity index (χ1v) is 6.55. The van der Waals surface area contributed by atoms with Gasteiger partial charge in [-0.3, -0.25) is 4.79 Å². The van der Waals surface area contributed by atoms with Crippen molar-refractivity contribution < 1.29 is 14.7 Å². The molecule has 0 heterocycles. The summed E-state index contributed by atoms with van der Waals surface area (Å²) in [5.74, 6) is -0.808. The molecule has 2 bridgehead atoms. The zero-order valence-electron chi connectivity index (χ0n) is 10.9. The van der Waals surface area contributed by atoms with Crippen molar-refractivity contribution in [3.8, 4) is 0 Å². The summed E-state index contributed by atoms with van der Waals surface area (Å²) in [6.45, 7) is 6.44. The van der Waals surface area contributed by atoms with E-state index < -0.39 is 11.9 Å². The van der Waals surface area contributed by atoms with Gasteiger partial charge >= 0.3 is 0 Å². The van der Waals surface area contributed by atoms with Crippen LogP contribution in [0.25, 0.3) is 0 Å². The van der Waals surface area contributed by atoms with Crippen molar-refractivity contribution in [2.75, 3.05) is 0 Å². The molecule has 0 N–H and O–H groups in total. The molecule has 0 amide bonds. The quantitative estimate of drug-likeness (QED) is 0.692. The molecule has 0 aromatic rings. The number of Topliss-reactive ketones (excluding diaryl/α,β-unsaturated/α-hetero) is 1. The summed E-state index contributed by atoms with van der Waals surface area (Å²) in [6.07, 6.45) is 2.93. The molecule has 2 aliphatic rings. The van der Waals surface area contributed by atoms with Gasteiger partial charge in [-0.2, -0.15) is 0 Å². The molecular weight excluding hydrogens is 216 g/mol. The van der Waals surface area contributed by atoms with Gasteiger partial charge in [-0.05, 0) is 42.9 Å². The summed E-state index contributed by atoms with van der Waals surface area (Å²) >= 11 is 0. The zero-order chi connectivity index (χ0) is 12.8. The van der Waals surface area contributed by atoms with Crippen LogP contribution in [-0.4, -0.2) is 11.8 Å². The smallest absolute Gasteiger partial charge is 0.139 e. The molecule has 0 unspecified atom stereocenters. The Labute approximate surface area is 103 Å². The Kier molecular flexibility index (Phi) is 3.04. The van der Waals surface area contributed by atoms with E-state index in [4.69, 9.17) is 0 Å². The minimum Gasteiger partial charge on any atom is -0.550 e. The van der Waals surface area contributed by atoms with Crippen LogP contribution in [0.2, 0.25) is 0 Å². The van der Waals surface area contributed by atoms with Gasteiger partial charge < -0.3 is 9.90 Å². The number of fused-ring (bicyclic) bond motifs is 2. The Hall–Kier alpha value is -0.860. The second-order valence-electron chi connectivity index (χ2n) is 6.74. The summed E-state index contributed by atoms with van der Waals surface area (Å²) in [4.78, 5) is 23.2. The standard InChI is InChI=1S/C14H22O3/c1-14(2,3)11-5-4-8-6-9(13(16)17)7-10(11)12(8)15/h8-11H,4-7H2,1-3H3,(H,16,17)/p-1/t8-,9+,10+,11-/m1/s1. The van der Waals surface area contributed by atoms with E-state index >= 15 is 0 Å². The zero-order valence-corrected chi connectivity index (χ0v) is 10.9. The number of carbonyl (C=O) groups is 2. The minimum absolute atomic E-state index is 0.0183. The topological polar surface area (TPSA) is 57.2 Å². The molecule has 2 aliphatic carbocycles. The first-order valence-electron chi connectivity index (χ1n) is 6.55. The van der Waals surface area contributed by atoms with Crippen LogP contribution in [0.1, 0.15) is 46.5 Å². The molecule has 0 radical (unpaired) electrons. The highest BCUT2D eigenvalue weighted by Gasteiger charge is 2.47. The molecule has 2 fully saturated rings. The van der Waals surface area contributed by atoms with Crippen LogP contribution in [0.5, 0.6) is 0 Å². The lowest BCUT2D eigenvalue weighted by molar-refractivity contribution is -0.313. The van der Waals surface area contributed by atoms with Gasteiger partial charge in [-0.1, -0.05) is 20.8 Å². The van der Waals surface area contributed by atoms with Crippen LogP contribution in [0.15, 0.2) is 0 Å². The van der Waals surface area contributed by atoms with E-state index in [1.54, 1.807) is 0 Å². The predicted molar refractivity (Wildman–Crippen MR) is 61.9 cm³/mol. The fourth-order valence-electron chi connectivity index (χ4n) is 3.71. The van der Waals surface area contributed by atoms with Crippen LogP contribution in [0, 0.1) is 29.1 Å². The largest absolute Gasteiger partial charge is 0.550 e. The van der Waals surface area contributed by atoms with Crippen molar-refractivity contribution in [2.45, 2.75) is 46.5 Å². The highest BCUT2D eigenvalue weighted by atomic mass is 16.4. The van der Waals surface area contributed by atoms with Crippen molar-refractivity contribution in [3.05, 3.63) is 0 Å². The number of carbonyl (C=O) groups excluding carboxylic acids is 2. The van der Waals surface area contributed by atoms with Gasteiger partial charge in [0.05, 0.1) is 0 Å². The highest BCUT2D eigenvalue weighted by molar-refractivity contribution is 5.87. The summed E-state index contributed by atoms with van der Waals surface area (Å²) < 4.78 is 0. The van der Waals surface area contributed by atoms with Gasteiger partial charge in [0.25, 0.3) is 0 Å². The molecule has 0 spiro atoms. The van der Waals surface area contributed by atoms with E-state index in [0.29, 0.717) is 24.5 Å². The monoisotopic (exact) mass is 237 g/mol. The maximum atomic E-state index is 12.2. The Balaban J connectivity index is 2.22. The lowest BCUT2D eigenvalue weighted by Gasteiger charge is -2.47. The molecule has 0 saturated heterocycles. The molecule has 17 heavy (non-hydrogen) atoms. The third-order valence-corrected chi connectivity index (χ3v) is 4.63. The lowest BCUT2D eigenvalue weighted by Crippen LogP contribution is -2.49. The Morgan fingerprint density at radius 2 is 1.88 bits per heavy atom. The van der Waals surface area contributed by atoms with Crippen molar-refractivity contribution >= 4 is 11.8 Å². The molecule has 0 aromatic carbocycles. The third kappa shape index (κ3) is 2.24. The number of rotatable bonds is 1. The van der Waals surface area contributed by atoms with Gasteiger partial charge in [0.15, 0.2) is 0 Å². The van der Waals surface area contributed by atoms with Crippen molar-refractivity contribution in [1.29, 1.82) is 0 Å². The summed E-state index contributed by atoms with van der Waals surface area (Å²) in [5.41, 5.74) is 0.0825. The number of aliphatic carboxylic acids is 1. The van der Waals surface area contributed by atoms with E-state index in [-0.39, 0.29) is 17.3 Å². The first-order chi connectivity index (χ1) is 7.80. The van der Waals surface area contributed by atoms with Crippen molar-refractivity contribution in [1.82, 2.24) is 0 Å². The van der Waals surface area contributed by atoms with Crippen molar-refractivity contribution in [2.24, 2.45) is 29.1 Å². The maximum absolute atomic E-state index is 12.2. The fraction of sp³-hybridized carbons (Fsp3) is 0.857. The number of carboxylic acids is 1. The van der Waals surface area contributed by atoms with Crippen LogP contribution in [0.3, 0.4) is 0 Å². The Bertz CT molecular complexity index is 340. The Morgan fingerprint density at radius 1 is 1.24 bits per heavy atom. The van der Waals surface area contributed by atoms with Gasteiger partial charge in [0.2, 0.25) is 0 Å². The molecule has 0 aliphatic heterocycles. The first kappa shape index (κ1) is 12.6. The van der Waals surface area contributed by atoms with E-state index in [1.165, 1.54) is 0 Å². The normalized spacial score (nSPS) is 37.9. The van der Waals surface area contributed by atoms with Crippen LogP contribution in [0.4, 0.5) is 0 Å². The van der Waals surface area contributed by atoms with E-state index in [9.17, 15) is 14.7 Å². The molecule has 96 valence electrons. The third-order valence-electron chi connectivity index (χ3n) is 4.63. The average Bonchev–Trinajstić information content (AvgIpc) is 2.14.